The molecule has 0 aromatic carbocycles. The molecule has 2 unspecified atom stereocenters. The molecule has 0 spiro atoms. The summed E-state index contributed by atoms with van der Waals surface area (Å²) in [6.45, 7) is 11.8. The first-order valence-electron chi connectivity index (χ1n) is 7.55. The van der Waals surface area contributed by atoms with Gasteiger partial charge in [-0.05, 0) is 32.4 Å². The number of nitrogens with zero attached hydrogens (tertiary/aromatic N) is 3. The van der Waals surface area contributed by atoms with Gasteiger partial charge >= 0.3 is 0 Å². The summed E-state index contributed by atoms with van der Waals surface area (Å²) in [4.78, 5) is 7.65. The molecule has 0 radical (unpaired) electrons. The lowest BCUT2D eigenvalue weighted by atomic mass is 9.91. The molecule has 0 saturated carbocycles. The Kier molecular flexibility index (Phi) is 5.42. The second-order valence-corrected chi connectivity index (χ2v) is 6.10. The average Bonchev–Trinajstić information content (AvgIpc) is 2.38. The van der Waals surface area contributed by atoms with Gasteiger partial charge in [-0.1, -0.05) is 6.92 Å². The number of rotatable bonds is 4. The number of piperidine rings is 1. The van der Waals surface area contributed by atoms with E-state index in [1.807, 2.05) is 0 Å². The lowest BCUT2D eigenvalue weighted by molar-refractivity contribution is 0.0793. The molecule has 18 heavy (non-hydrogen) atoms. The van der Waals surface area contributed by atoms with Gasteiger partial charge in [0.25, 0.3) is 0 Å². The molecular formula is C14H30N4. The minimum atomic E-state index is 0.617. The monoisotopic (exact) mass is 254 g/mol. The normalized spacial score (nSPS) is 32.8. The third kappa shape index (κ3) is 3.67. The largest absolute Gasteiger partial charge is 0.329 e. The summed E-state index contributed by atoms with van der Waals surface area (Å²) in [5.74, 6) is 0.774. The fourth-order valence-corrected chi connectivity index (χ4v) is 3.33. The Labute approximate surface area is 112 Å². The van der Waals surface area contributed by atoms with Crippen LogP contribution in [0.25, 0.3) is 0 Å². The van der Waals surface area contributed by atoms with Gasteiger partial charge in [0, 0.05) is 51.9 Å². The molecule has 2 aliphatic heterocycles. The molecule has 0 aliphatic carbocycles. The summed E-state index contributed by atoms with van der Waals surface area (Å²) in [5, 5.41) is 0. The van der Waals surface area contributed by atoms with Crippen LogP contribution < -0.4 is 5.73 Å². The van der Waals surface area contributed by atoms with Crippen LogP contribution in [-0.2, 0) is 0 Å². The Morgan fingerprint density at radius 3 is 2.44 bits per heavy atom. The third-order valence-electron chi connectivity index (χ3n) is 4.77. The van der Waals surface area contributed by atoms with E-state index in [1.165, 1.54) is 58.7 Å². The fourth-order valence-electron chi connectivity index (χ4n) is 3.33. The van der Waals surface area contributed by atoms with Gasteiger partial charge in [-0.3, -0.25) is 9.80 Å². The first-order chi connectivity index (χ1) is 8.70. The second kappa shape index (κ2) is 6.85. The van der Waals surface area contributed by atoms with Crippen molar-refractivity contribution in [2.75, 3.05) is 59.4 Å². The van der Waals surface area contributed by atoms with E-state index in [4.69, 9.17) is 5.73 Å². The standard InChI is InChI=1S/C14H30N4/c1-13-4-3-5-18(14(13)12-15)11-10-17-8-6-16(2)7-9-17/h13-14H,3-12,15H2,1-2H3. The maximum Gasteiger partial charge on any atom is 0.0244 e. The number of hydrogen-bond donors (Lipinski definition) is 1. The van der Waals surface area contributed by atoms with E-state index in [1.54, 1.807) is 0 Å². The highest BCUT2D eigenvalue weighted by atomic mass is 15.3. The van der Waals surface area contributed by atoms with Crippen LogP contribution in [0.2, 0.25) is 0 Å². The van der Waals surface area contributed by atoms with Crippen LogP contribution >= 0.6 is 0 Å². The van der Waals surface area contributed by atoms with Crippen LogP contribution in [0, 0.1) is 5.92 Å². The molecule has 2 aliphatic rings. The summed E-state index contributed by atoms with van der Waals surface area (Å²) in [6.07, 6.45) is 2.70. The first-order valence-corrected chi connectivity index (χ1v) is 7.55. The zero-order chi connectivity index (χ0) is 13.0. The van der Waals surface area contributed by atoms with Crippen LogP contribution in [-0.4, -0.2) is 80.1 Å². The van der Waals surface area contributed by atoms with Crippen molar-refractivity contribution in [2.24, 2.45) is 11.7 Å². The zero-order valence-corrected chi connectivity index (χ0v) is 12.1. The van der Waals surface area contributed by atoms with E-state index in [0.29, 0.717) is 6.04 Å². The second-order valence-electron chi connectivity index (χ2n) is 6.10. The van der Waals surface area contributed by atoms with E-state index in [2.05, 4.69) is 28.7 Å². The molecular weight excluding hydrogens is 224 g/mol. The Balaban J connectivity index is 1.74. The maximum atomic E-state index is 5.95. The van der Waals surface area contributed by atoms with E-state index < -0.39 is 0 Å². The van der Waals surface area contributed by atoms with Gasteiger partial charge in [0.05, 0.1) is 0 Å². The van der Waals surface area contributed by atoms with E-state index in [9.17, 15) is 0 Å². The minimum Gasteiger partial charge on any atom is -0.329 e. The van der Waals surface area contributed by atoms with Crippen LogP contribution in [0.4, 0.5) is 0 Å². The smallest absolute Gasteiger partial charge is 0.0244 e. The summed E-state index contributed by atoms with van der Waals surface area (Å²) in [5.41, 5.74) is 5.95. The molecule has 0 amide bonds. The molecule has 2 saturated heterocycles. The van der Waals surface area contributed by atoms with E-state index >= 15 is 0 Å². The van der Waals surface area contributed by atoms with Gasteiger partial charge in [-0.2, -0.15) is 0 Å². The molecule has 2 heterocycles. The number of nitrogens with two attached hydrogens (primary N) is 1. The van der Waals surface area contributed by atoms with Crippen LogP contribution in [0.15, 0.2) is 0 Å². The SMILES string of the molecule is CC1CCCN(CCN2CCN(C)CC2)C1CN. The Morgan fingerprint density at radius 1 is 1.06 bits per heavy atom. The van der Waals surface area contributed by atoms with Crippen molar-refractivity contribution in [3.8, 4) is 0 Å². The first kappa shape index (κ1) is 14.3. The predicted molar refractivity (Wildman–Crippen MR) is 76.8 cm³/mol. The van der Waals surface area contributed by atoms with Crippen molar-refractivity contribution < 1.29 is 0 Å². The number of likely N-dealkylation sites (N-methyl/N-ethyl adjacent to an activating group) is 1. The van der Waals surface area contributed by atoms with Gasteiger partial charge in [0.1, 0.15) is 0 Å². The van der Waals surface area contributed by atoms with Gasteiger partial charge in [-0.25, -0.2) is 0 Å². The maximum absolute atomic E-state index is 5.95. The van der Waals surface area contributed by atoms with Crippen molar-refractivity contribution in [1.82, 2.24) is 14.7 Å². The quantitative estimate of drug-likeness (QED) is 0.782. The molecule has 4 nitrogen and oxygen atoms in total. The fraction of sp³-hybridized carbons (Fsp3) is 1.00. The lowest BCUT2D eigenvalue weighted by Crippen LogP contribution is -2.52. The van der Waals surface area contributed by atoms with Crippen molar-refractivity contribution in [1.29, 1.82) is 0 Å². The van der Waals surface area contributed by atoms with Crippen LogP contribution in [0.1, 0.15) is 19.8 Å². The molecule has 106 valence electrons. The van der Waals surface area contributed by atoms with E-state index in [0.717, 1.165) is 12.5 Å². The Morgan fingerprint density at radius 2 is 1.78 bits per heavy atom. The minimum absolute atomic E-state index is 0.617. The van der Waals surface area contributed by atoms with Crippen molar-refractivity contribution in [3.63, 3.8) is 0 Å². The highest BCUT2D eigenvalue weighted by Gasteiger charge is 2.27. The lowest BCUT2D eigenvalue weighted by Gasteiger charge is -2.41. The zero-order valence-electron chi connectivity index (χ0n) is 12.1. The number of piperazine rings is 1. The molecule has 0 bridgehead atoms. The highest BCUT2D eigenvalue weighted by Crippen LogP contribution is 2.22. The van der Waals surface area contributed by atoms with Crippen molar-refractivity contribution in [3.05, 3.63) is 0 Å². The third-order valence-corrected chi connectivity index (χ3v) is 4.77. The van der Waals surface area contributed by atoms with Crippen LogP contribution in [0.5, 0.6) is 0 Å². The van der Waals surface area contributed by atoms with Gasteiger partial charge in [0.15, 0.2) is 0 Å². The topological polar surface area (TPSA) is 35.7 Å². The summed E-state index contributed by atoms with van der Waals surface area (Å²) in [7, 11) is 2.22. The molecule has 2 atom stereocenters. The number of hydrogen-bond acceptors (Lipinski definition) is 4. The molecule has 0 aromatic rings. The predicted octanol–water partition coefficient (Wildman–Crippen LogP) is 0.293. The van der Waals surface area contributed by atoms with Crippen molar-refractivity contribution >= 4 is 0 Å². The summed E-state index contributed by atoms with van der Waals surface area (Å²) in [6, 6.07) is 0.617. The molecule has 0 aromatic heterocycles. The van der Waals surface area contributed by atoms with Gasteiger partial charge < -0.3 is 10.6 Å². The molecule has 2 fully saturated rings. The average molecular weight is 254 g/mol. The number of likely N-dealkylation sites (tertiary alicyclic amines) is 1. The van der Waals surface area contributed by atoms with Crippen LogP contribution in [0.3, 0.4) is 0 Å². The van der Waals surface area contributed by atoms with Gasteiger partial charge in [0.2, 0.25) is 0 Å². The Bertz CT molecular complexity index is 238. The molecule has 4 heteroatoms. The van der Waals surface area contributed by atoms with E-state index in [-0.39, 0.29) is 0 Å². The van der Waals surface area contributed by atoms with Gasteiger partial charge in [-0.15, -0.1) is 0 Å². The summed E-state index contributed by atoms with van der Waals surface area (Å²) >= 11 is 0. The molecule has 2 N–H and O–H groups in total. The molecule has 2 rings (SSSR count). The van der Waals surface area contributed by atoms with Crippen molar-refractivity contribution in [2.45, 2.75) is 25.8 Å². The highest BCUT2D eigenvalue weighted by molar-refractivity contribution is 4.83. The Hall–Kier alpha value is -0.160. The summed E-state index contributed by atoms with van der Waals surface area (Å²) < 4.78 is 0.